The third-order valence-electron chi connectivity index (χ3n) is 3.98. The maximum atomic E-state index is 12.1. The van der Waals surface area contributed by atoms with Crippen molar-refractivity contribution in [3.63, 3.8) is 0 Å². The predicted octanol–water partition coefficient (Wildman–Crippen LogP) is 2.67. The van der Waals surface area contributed by atoms with Gasteiger partial charge in [-0.2, -0.15) is 10.5 Å². The molecule has 0 radical (unpaired) electrons. The lowest BCUT2D eigenvalue weighted by molar-refractivity contribution is 0.445. The highest BCUT2D eigenvalue weighted by molar-refractivity contribution is 7.90. The molecule has 0 aromatic heterocycles. The molecule has 1 aliphatic heterocycles. The van der Waals surface area contributed by atoms with Crippen LogP contribution in [0.1, 0.15) is 19.8 Å². The van der Waals surface area contributed by atoms with E-state index < -0.39 is 9.84 Å². The molecular formula is C17H20N4O2S. The van der Waals surface area contributed by atoms with Crippen molar-refractivity contribution in [3.8, 4) is 12.1 Å². The Morgan fingerprint density at radius 3 is 2.67 bits per heavy atom. The van der Waals surface area contributed by atoms with E-state index in [4.69, 9.17) is 10.5 Å². The highest BCUT2D eigenvalue weighted by Gasteiger charge is 2.23. The largest absolute Gasteiger partial charge is 0.370 e. The average Bonchev–Trinajstić information content (AvgIpc) is 2.54. The number of nitriles is 2. The maximum absolute atomic E-state index is 12.1. The van der Waals surface area contributed by atoms with Gasteiger partial charge in [0.15, 0.2) is 9.84 Å². The summed E-state index contributed by atoms with van der Waals surface area (Å²) >= 11 is 0. The van der Waals surface area contributed by atoms with Gasteiger partial charge in [-0.1, -0.05) is 6.92 Å². The standard InChI is InChI=1S/C17H20N4O2S/c1-13-4-3-7-21(12-13)16-8-15(20-11-14(9-18)10-19)5-6-17(16)24(2,22)23/h5-6,8,11,13,20H,3-4,7,12H2,1-2H3. The fourth-order valence-corrected chi connectivity index (χ4v) is 3.70. The van der Waals surface area contributed by atoms with E-state index in [0.717, 1.165) is 25.9 Å². The van der Waals surface area contributed by atoms with Gasteiger partial charge in [0.25, 0.3) is 0 Å². The molecule has 0 spiro atoms. The quantitative estimate of drug-likeness (QED) is 0.843. The highest BCUT2D eigenvalue weighted by Crippen LogP contribution is 2.32. The summed E-state index contributed by atoms with van der Waals surface area (Å²) in [5, 5.41) is 20.4. The molecular weight excluding hydrogens is 324 g/mol. The second-order valence-corrected chi connectivity index (χ2v) is 8.06. The summed E-state index contributed by atoms with van der Waals surface area (Å²) < 4.78 is 24.2. The zero-order valence-corrected chi connectivity index (χ0v) is 14.6. The Morgan fingerprint density at radius 1 is 1.38 bits per heavy atom. The molecule has 1 saturated heterocycles. The molecule has 1 aromatic rings. The summed E-state index contributed by atoms with van der Waals surface area (Å²) in [7, 11) is -3.35. The van der Waals surface area contributed by atoms with E-state index in [-0.39, 0.29) is 5.57 Å². The Kier molecular flexibility index (Phi) is 5.48. The van der Waals surface area contributed by atoms with E-state index in [9.17, 15) is 8.42 Å². The number of hydrogen-bond acceptors (Lipinski definition) is 6. The molecule has 1 atom stereocenters. The lowest BCUT2D eigenvalue weighted by Crippen LogP contribution is -2.35. The Bertz CT molecular complexity index is 815. The van der Waals surface area contributed by atoms with Gasteiger partial charge in [-0.15, -0.1) is 0 Å². The summed E-state index contributed by atoms with van der Waals surface area (Å²) in [6.07, 6.45) is 4.68. The summed E-state index contributed by atoms with van der Waals surface area (Å²) in [6, 6.07) is 8.51. The Hall–Kier alpha value is -2.51. The number of nitrogens with one attached hydrogen (secondary N) is 1. The SMILES string of the molecule is CC1CCCN(c2cc(NC=C(C#N)C#N)ccc2S(C)(=O)=O)C1. The van der Waals surface area contributed by atoms with E-state index in [0.29, 0.717) is 22.2 Å². The molecule has 6 nitrogen and oxygen atoms in total. The molecule has 0 aliphatic carbocycles. The lowest BCUT2D eigenvalue weighted by Gasteiger charge is -2.34. The van der Waals surface area contributed by atoms with Crippen LogP contribution in [0.3, 0.4) is 0 Å². The second-order valence-electron chi connectivity index (χ2n) is 6.07. The second kappa shape index (κ2) is 7.37. The number of sulfone groups is 1. The van der Waals surface area contributed by atoms with Crippen LogP contribution in [-0.2, 0) is 9.84 Å². The monoisotopic (exact) mass is 344 g/mol. The van der Waals surface area contributed by atoms with Gasteiger partial charge in [-0.3, -0.25) is 0 Å². The van der Waals surface area contributed by atoms with Gasteiger partial charge >= 0.3 is 0 Å². The fraction of sp³-hybridized carbons (Fsp3) is 0.412. The number of rotatable bonds is 4. The molecule has 0 amide bonds. The van der Waals surface area contributed by atoms with Crippen LogP contribution in [0.25, 0.3) is 0 Å². The average molecular weight is 344 g/mol. The van der Waals surface area contributed by atoms with Gasteiger partial charge in [-0.25, -0.2) is 8.42 Å². The molecule has 1 aliphatic rings. The van der Waals surface area contributed by atoms with Crippen LogP contribution in [0, 0.1) is 28.6 Å². The molecule has 1 aromatic carbocycles. The summed E-state index contributed by atoms with van der Waals surface area (Å²) in [4.78, 5) is 2.39. The minimum absolute atomic E-state index is 0.0460. The van der Waals surface area contributed by atoms with E-state index in [1.807, 2.05) is 0 Å². The number of hydrogen-bond donors (Lipinski definition) is 1. The Labute approximate surface area is 142 Å². The van der Waals surface area contributed by atoms with Gasteiger partial charge in [0, 0.05) is 31.2 Å². The van der Waals surface area contributed by atoms with Crippen molar-refractivity contribution in [2.45, 2.75) is 24.7 Å². The first-order chi connectivity index (χ1) is 11.3. The number of allylic oxidation sites excluding steroid dienone is 1. The van der Waals surface area contributed by atoms with Crippen molar-refractivity contribution in [2.24, 2.45) is 5.92 Å². The minimum Gasteiger partial charge on any atom is -0.370 e. The molecule has 1 heterocycles. The van der Waals surface area contributed by atoms with Crippen LogP contribution in [0.15, 0.2) is 34.9 Å². The zero-order chi connectivity index (χ0) is 17.7. The lowest BCUT2D eigenvalue weighted by atomic mass is 10.00. The van der Waals surface area contributed by atoms with Gasteiger partial charge < -0.3 is 10.2 Å². The number of benzene rings is 1. The fourth-order valence-electron chi connectivity index (χ4n) is 2.82. The third kappa shape index (κ3) is 4.27. The van der Waals surface area contributed by atoms with Crippen LogP contribution < -0.4 is 10.2 Å². The topological polar surface area (TPSA) is 97.0 Å². The Morgan fingerprint density at radius 2 is 2.08 bits per heavy atom. The molecule has 0 saturated carbocycles. The van der Waals surface area contributed by atoms with Gasteiger partial charge in [-0.05, 0) is 37.0 Å². The minimum atomic E-state index is -3.35. The number of nitrogens with zero attached hydrogens (tertiary/aromatic N) is 3. The van der Waals surface area contributed by atoms with Crippen LogP contribution >= 0.6 is 0 Å². The molecule has 1 fully saturated rings. The van der Waals surface area contributed by atoms with Crippen molar-refractivity contribution in [1.29, 1.82) is 10.5 Å². The van der Waals surface area contributed by atoms with Crippen LogP contribution in [0.4, 0.5) is 11.4 Å². The van der Waals surface area contributed by atoms with Crippen molar-refractivity contribution >= 4 is 21.2 Å². The van der Waals surface area contributed by atoms with Gasteiger partial charge in [0.1, 0.15) is 17.7 Å². The molecule has 126 valence electrons. The van der Waals surface area contributed by atoms with Gasteiger partial charge in [0.2, 0.25) is 0 Å². The first kappa shape index (κ1) is 17.8. The molecule has 7 heteroatoms. The number of piperidine rings is 1. The smallest absolute Gasteiger partial charge is 0.177 e. The van der Waals surface area contributed by atoms with Crippen molar-refractivity contribution in [2.75, 3.05) is 29.6 Å². The molecule has 1 N–H and O–H groups in total. The third-order valence-corrected chi connectivity index (χ3v) is 5.12. The predicted molar refractivity (Wildman–Crippen MR) is 93.1 cm³/mol. The summed E-state index contributed by atoms with van der Waals surface area (Å²) in [5.74, 6) is 0.506. The van der Waals surface area contributed by atoms with E-state index >= 15 is 0 Å². The first-order valence-corrected chi connectivity index (χ1v) is 9.60. The zero-order valence-electron chi connectivity index (χ0n) is 13.8. The summed E-state index contributed by atoms with van der Waals surface area (Å²) in [6.45, 7) is 3.78. The van der Waals surface area contributed by atoms with Crippen LogP contribution in [0.5, 0.6) is 0 Å². The molecule has 0 bridgehead atoms. The highest BCUT2D eigenvalue weighted by atomic mass is 32.2. The first-order valence-electron chi connectivity index (χ1n) is 7.71. The Balaban J connectivity index is 2.41. The maximum Gasteiger partial charge on any atom is 0.177 e. The molecule has 2 rings (SSSR count). The van der Waals surface area contributed by atoms with Gasteiger partial charge in [0.05, 0.1) is 10.6 Å². The normalized spacial score (nSPS) is 17.5. The van der Waals surface area contributed by atoms with E-state index in [1.165, 1.54) is 12.5 Å². The molecule has 24 heavy (non-hydrogen) atoms. The van der Waals surface area contributed by atoms with E-state index in [1.54, 1.807) is 30.3 Å². The van der Waals surface area contributed by atoms with Crippen LogP contribution in [0.2, 0.25) is 0 Å². The molecule has 1 unspecified atom stereocenters. The van der Waals surface area contributed by atoms with Crippen LogP contribution in [-0.4, -0.2) is 27.8 Å². The number of anilines is 2. The van der Waals surface area contributed by atoms with E-state index in [2.05, 4.69) is 17.1 Å². The summed E-state index contributed by atoms with van der Waals surface area (Å²) in [5.41, 5.74) is 1.26. The van der Waals surface area contributed by atoms with Crippen molar-refractivity contribution in [3.05, 3.63) is 30.0 Å². The van der Waals surface area contributed by atoms with Crippen molar-refractivity contribution < 1.29 is 8.42 Å². The van der Waals surface area contributed by atoms with Crippen molar-refractivity contribution in [1.82, 2.24) is 0 Å².